The van der Waals surface area contributed by atoms with E-state index in [1.54, 1.807) is 0 Å². The molecular formula is C29H28ClNO2. The van der Waals surface area contributed by atoms with Crippen LogP contribution < -0.4 is 0 Å². The summed E-state index contributed by atoms with van der Waals surface area (Å²) in [6.45, 7) is 2.24. The highest BCUT2D eigenvalue weighted by Gasteiger charge is 2.13. The number of fused-ring (bicyclic) bond motifs is 1. The zero-order valence-corrected chi connectivity index (χ0v) is 19.8. The van der Waals surface area contributed by atoms with Crippen molar-refractivity contribution in [1.82, 2.24) is 4.98 Å². The summed E-state index contributed by atoms with van der Waals surface area (Å²) in [5, 5.41) is 1.82. The van der Waals surface area contributed by atoms with E-state index >= 15 is 0 Å². The van der Waals surface area contributed by atoms with Crippen LogP contribution in [0.3, 0.4) is 0 Å². The fourth-order valence-electron chi connectivity index (χ4n) is 4.19. The van der Waals surface area contributed by atoms with Crippen molar-refractivity contribution in [3.8, 4) is 0 Å². The van der Waals surface area contributed by atoms with E-state index in [2.05, 4.69) is 43.3 Å². The molecule has 1 aromatic heterocycles. The Morgan fingerprint density at radius 2 is 1.76 bits per heavy atom. The molecule has 33 heavy (non-hydrogen) atoms. The molecule has 0 aliphatic carbocycles. The Morgan fingerprint density at radius 3 is 2.61 bits per heavy atom. The van der Waals surface area contributed by atoms with Gasteiger partial charge in [-0.25, -0.2) is 4.79 Å². The first-order valence-corrected chi connectivity index (χ1v) is 11.7. The van der Waals surface area contributed by atoms with Crippen molar-refractivity contribution < 1.29 is 9.53 Å². The number of ether oxygens (including phenoxy) is 1. The zero-order valence-electron chi connectivity index (χ0n) is 19.1. The molecule has 0 fully saturated rings. The van der Waals surface area contributed by atoms with E-state index in [0.29, 0.717) is 16.5 Å². The van der Waals surface area contributed by atoms with E-state index < -0.39 is 0 Å². The maximum atomic E-state index is 12.0. The van der Waals surface area contributed by atoms with Crippen LogP contribution in [0.4, 0.5) is 0 Å². The lowest BCUT2D eigenvalue weighted by Crippen LogP contribution is -2.07. The van der Waals surface area contributed by atoms with Crippen LogP contribution in [-0.4, -0.2) is 18.1 Å². The summed E-state index contributed by atoms with van der Waals surface area (Å²) >= 11 is 6.12. The molecule has 0 amide bonds. The first-order chi connectivity index (χ1) is 16.0. The zero-order chi connectivity index (χ0) is 23.2. The molecule has 4 aromatic rings. The van der Waals surface area contributed by atoms with Crippen LogP contribution in [0.25, 0.3) is 10.9 Å². The Balaban J connectivity index is 1.40. The van der Waals surface area contributed by atoms with Crippen LogP contribution in [0, 0.1) is 0 Å². The third kappa shape index (κ3) is 5.80. The third-order valence-corrected chi connectivity index (χ3v) is 6.41. The van der Waals surface area contributed by atoms with Gasteiger partial charge in [0.15, 0.2) is 0 Å². The molecule has 0 radical (unpaired) electrons. The summed E-state index contributed by atoms with van der Waals surface area (Å²) in [5.74, 6) is 0.112. The van der Waals surface area contributed by atoms with Crippen LogP contribution in [0.1, 0.15) is 52.0 Å². The van der Waals surface area contributed by atoms with Crippen molar-refractivity contribution in [2.75, 3.05) is 7.11 Å². The number of carbonyl (C=O) groups is 1. The predicted octanol–water partition coefficient (Wildman–Crippen LogP) is 7.20. The molecule has 0 aliphatic heterocycles. The van der Waals surface area contributed by atoms with E-state index in [4.69, 9.17) is 21.3 Å². The number of esters is 1. The second kappa shape index (κ2) is 10.6. The lowest BCUT2D eigenvalue weighted by Gasteiger charge is -2.15. The number of rotatable bonds is 8. The minimum Gasteiger partial charge on any atom is -0.465 e. The Hall–Kier alpha value is -3.17. The van der Waals surface area contributed by atoms with Gasteiger partial charge in [0.05, 0.1) is 18.2 Å². The van der Waals surface area contributed by atoms with Crippen molar-refractivity contribution in [1.29, 1.82) is 0 Å². The quantitative estimate of drug-likeness (QED) is 0.263. The van der Waals surface area contributed by atoms with Crippen LogP contribution in [0.5, 0.6) is 0 Å². The highest BCUT2D eigenvalue weighted by Crippen LogP contribution is 2.24. The van der Waals surface area contributed by atoms with E-state index in [9.17, 15) is 4.79 Å². The van der Waals surface area contributed by atoms with Gasteiger partial charge in [0.2, 0.25) is 0 Å². The predicted molar refractivity (Wildman–Crippen MR) is 135 cm³/mol. The first kappa shape index (κ1) is 23.0. The second-order valence-corrected chi connectivity index (χ2v) is 8.91. The number of aromatic nitrogens is 1. The maximum Gasteiger partial charge on any atom is 0.338 e. The Labute approximate surface area is 200 Å². The Kier molecular flexibility index (Phi) is 7.41. The molecule has 0 saturated heterocycles. The van der Waals surface area contributed by atoms with Gasteiger partial charge in [-0.05, 0) is 72.6 Å². The standard InChI is InChI=1S/C29H28ClNO2/c1-20(10-12-22-7-3-4-9-27(22)29(32)33-2)24-8-5-6-21(18-24)11-16-26-17-14-23-13-15-25(30)19-28(23)31-26/h3-9,13-15,17-20H,10-12,16H2,1-2H3/t20-/m0/s1. The van der Waals surface area contributed by atoms with Crippen LogP contribution in [-0.2, 0) is 24.0 Å². The summed E-state index contributed by atoms with van der Waals surface area (Å²) in [4.78, 5) is 16.8. The first-order valence-electron chi connectivity index (χ1n) is 11.3. The summed E-state index contributed by atoms with van der Waals surface area (Å²) < 4.78 is 4.93. The van der Waals surface area contributed by atoms with Gasteiger partial charge in [-0.3, -0.25) is 4.98 Å². The molecule has 0 N–H and O–H groups in total. The molecule has 0 aliphatic rings. The fraction of sp³-hybridized carbons (Fsp3) is 0.241. The summed E-state index contributed by atoms with van der Waals surface area (Å²) in [5.41, 5.74) is 6.33. The van der Waals surface area contributed by atoms with Crippen molar-refractivity contribution in [2.45, 2.75) is 38.5 Å². The number of methoxy groups -OCH3 is 1. The smallest absolute Gasteiger partial charge is 0.338 e. The summed E-state index contributed by atoms with van der Waals surface area (Å²) in [6.07, 6.45) is 3.61. The highest BCUT2D eigenvalue weighted by molar-refractivity contribution is 6.31. The molecular weight excluding hydrogens is 430 g/mol. The Morgan fingerprint density at radius 1 is 0.939 bits per heavy atom. The van der Waals surface area contributed by atoms with Crippen LogP contribution in [0.2, 0.25) is 5.02 Å². The van der Waals surface area contributed by atoms with Crippen molar-refractivity contribution in [3.63, 3.8) is 0 Å². The minimum absolute atomic E-state index is 0.273. The molecule has 1 heterocycles. The topological polar surface area (TPSA) is 39.2 Å². The minimum atomic E-state index is -0.273. The number of nitrogens with zero attached hydrogens (tertiary/aromatic N) is 1. The van der Waals surface area contributed by atoms with Crippen molar-refractivity contribution >= 4 is 28.5 Å². The van der Waals surface area contributed by atoms with Gasteiger partial charge in [-0.2, -0.15) is 0 Å². The van der Waals surface area contributed by atoms with E-state index in [1.165, 1.54) is 18.2 Å². The van der Waals surface area contributed by atoms with Gasteiger partial charge in [0, 0.05) is 16.1 Å². The monoisotopic (exact) mass is 457 g/mol. The number of aryl methyl sites for hydroxylation is 3. The SMILES string of the molecule is COC(=O)c1ccccc1CC[C@H](C)c1cccc(CCc2ccc3ccc(Cl)cc3n2)c1. The van der Waals surface area contributed by atoms with Crippen molar-refractivity contribution in [2.24, 2.45) is 0 Å². The van der Waals surface area contributed by atoms with Crippen LogP contribution >= 0.6 is 11.6 Å². The second-order valence-electron chi connectivity index (χ2n) is 8.47. The number of benzene rings is 3. The largest absolute Gasteiger partial charge is 0.465 e. The normalized spacial score (nSPS) is 12.0. The highest BCUT2D eigenvalue weighted by atomic mass is 35.5. The van der Waals surface area contributed by atoms with E-state index in [-0.39, 0.29) is 5.97 Å². The molecule has 0 spiro atoms. The van der Waals surface area contributed by atoms with Gasteiger partial charge in [-0.15, -0.1) is 0 Å². The average molecular weight is 458 g/mol. The molecule has 0 saturated carbocycles. The summed E-state index contributed by atoms with van der Waals surface area (Å²) in [7, 11) is 1.43. The molecule has 0 unspecified atom stereocenters. The number of hydrogen-bond acceptors (Lipinski definition) is 3. The average Bonchev–Trinajstić information content (AvgIpc) is 2.85. The van der Waals surface area contributed by atoms with Gasteiger partial charge in [0.1, 0.15) is 0 Å². The lowest BCUT2D eigenvalue weighted by atomic mass is 9.91. The molecule has 3 aromatic carbocycles. The maximum absolute atomic E-state index is 12.0. The third-order valence-electron chi connectivity index (χ3n) is 6.17. The van der Waals surface area contributed by atoms with Gasteiger partial charge < -0.3 is 4.74 Å². The molecule has 0 bridgehead atoms. The number of hydrogen-bond donors (Lipinski definition) is 0. The molecule has 4 rings (SSSR count). The van der Waals surface area contributed by atoms with E-state index in [1.807, 2.05) is 42.5 Å². The number of pyridine rings is 1. The molecule has 168 valence electrons. The number of halogens is 1. The van der Waals surface area contributed by atoms with E-state index in [0.717, 1.165) is 47.8 Å². The Bertz CT molecular complexity index is 1270. The molecule has 4 heteroatoms. The van der Waals surface area contributed by atoms with Gasteiger partial charge in [-0.1, -0.05) is 73.1 Å². The van der Waals surface area contributed by atoms with Gasteiger partial charge in [0.25, 0.3) is 0 Å². The van der Waals surface area contributed by atoms with Crippen molar-refractivity contribution in [3.05, 3.63) is 112 Å². The van der Waals surface area contributed by atoms with Gasteiger partial charge >= 0.3 is 5.97 Å². The van der Waals surface area contributed by atoms with Crippen LogP contribution in [0.15, 0.2) is 78.9 Å². The lowest BCUT2D eigenvalue weighted by molar-refractivity contribution is 0.0599. The number of carbonyl (C=O) groups excluding carboxylic acids is 1. The summed E-state index contributed by atoms with van der Waals surface area (Å²) in [6, 6.07) is 26.5. The molecule has 3 nitrogen and oxygen atoms in total. The fourth-order valence-corrected chi connectivity index (χ4v) is 4.35. The molecule has 1 atom stereocenters.